The van der Waals surface area contributed by atoms with Crippen molar-refractivity contribution in [2.45, 2.75) is 0 Å². The van der Waals surface area contributed by atoms with E-state index in [1.807, 2.05) is 42.6 Å². The molecule has 0 aliphatic carbocycles. The van der Waals surface area contributed by atoms with Gasteiger partial charge in [0.25, 0.3) is 0 Å². The van der Waals surface area contributed by atoms with Crippen molar-refractivity contribution < 1.29 is 9.13 Å². The lowest BCUT2D eigenvalue weighted by Gasteiger charge is -1.99. The van der Waals surface area contributed by atoms with Crippen LogP contribution in [0.15, 0.2) is 54.7 Å². The second-order valence-corrected chi connectivity index (χ2v) is 5.74. The lowest BCUT2D eigenvalue weighted by Crippen LogP contribution is -1.82. The Morgan fingerprint density at radius 2 is 1.91 bits per heavy atom. The Morgan fingerprint density at radius 1 is 1.09 bits per heavy atom. The van der Waals surface area contributed by atoms with Crippen molar-refractivity contribution in [3.05, 3.63) is 71.1 Å². The Hall–Kier alpha value is -2.46. The Balaban J connectivity index is 1.79. The highest BCUT2D eigenvalue weighted by molar-refractivity contribution is 7.16. The summed E-state index contributed by atoms with van der Waals surface area (Å²) in [5.41, 5.74) is 2.03. The summed E-state index contributed by atoms with van der Waals surface area (Å²) in [7, 11) is 1.65. The van der Waals surface area contributed by atoms with Gasteiger partial charge in [-0.05, 0) is 41.5 Å². The molecule has 22 heavy (non-hydrogen) atoms. The van der Waals surface area contributed by atoms with Crippen LogP contribution in [0.25, 0.3) is 22.6 Å². The minimum atomic E-state index is -0.230. The van der Waals surface area contributed by atoms with E-state index in [0.29, 0.717) is 0 Å². The summed E-state index contributed by atoms with van der Waals surface area (Å²) in [6.45, 7) is 0. The van der Waals surface area contributed by atoms with Crippen molar-refractivity contribution in [3.63, 3.8) is 0 Å². The molecule has 0 atom stereocenters. The van der Waals surface area contributed by atoms with Crippen LogP contribution < -0.4 is 4.74 Å². The Morgan fingerprint density at radius 3 is 2.68 bits per heavy atom. The van der Waals surface area contributed by atoms with Crippen LogP contribution in [0, 0.1) is 5.82 Å². The fourth-order valence-corrected chi connectivity index (χ4v) is 2.85. The maximum atomic E-state index is 12.9. The predicted molar refractivity (Wildman–Crippen MR) is 89.4 cm³/mol. The number of thiazole rings is 1. The molecule has 110 valence electrons. The first-order valence-corrected chi connectivity index (χ1v) is 7.60. The van der Waals surface area contributed by atoms with Crippen molar-refractivity contribution in [1.82, 2.24) is 4.98 Å². The summed E-state index contributed by atoms with van der Waals surface area (Å²) in [5.74, 6) is 0.597. The molecule has 3 rings (SSSR count). The Kier molecular flexibility index (Phi) is 4.30. The molecule has 0 aliphatic heterocycles. The van der Waals surface area contributed by atoms with E-state index in [1.54, 1.807) is 30.6 Å². The van der Waals surface area contributed by atoms with E-state index in [2.05, 4.69) is 4.98 Å². The summed E-state index contributed by atoms with van der Waals surface area (Å²) in [4.78, 5) is 5.40. The summed E-state index contributed by atoms with van der Waals surface area (Å²) < 4.78 is 18.1. The lowest BCUT2D eigenvalue weighted by molar-refractivity contribution is 0.414. The fourth-order valence-electron chi connectivity index (χ4n) is 2.02. The van der Waals surface area contributed by atoms with Gasteiger partial charge in [-0.15, -0.1) is 11.3 Å². The summed E-state index contributed by atoms with van der Waals surface area (Å²) >= 11 is 1.57. The third-order valence-electron chi connectivity index (χ3n) is 3.16. The number of benzene rings is 2. The van der Waals surface area contributed by atoms with Gasteiger partial charge in [-0.2, -0.15) is 0 Å². The van der Waals surface area contributed by atoms with E-state index in [-0.39, 0.29) is 5.82 Å². The monoisotopic (exact) mass is 311 g/mol. The molecule has 0 aliphatic rings. The highest BCUT2D eigenvalue weighted by atomic mass is 32.1. The zero-order valence-electron chi connectivity index (χ0n) is 12.0. The van der Waals surface area contributed by atoms with Crippen molar-refractivity contribution in [1.29, 1.82) is 0 Å². The van der Waals surface area contributed by atoms with Crippen molar-refractivity contribution in [3.8, 4) is 16.2 Å². The van der Waals surface area contributed by atoms with Gasteiger partial charge in [-0.1, -0.05) is 30.3 Å². The maximum absolute atomic E-state index is 12.9. The van der Waals surface area contributed by atoms with Crippen LogP contribution >= 0.6 is 11.3 Å². The third kappa shape index (κ3) is 3.40. The van der Waals surface area contributed by atoms with Crippen LogP contribution in [0.1, 0.15) is 10.6 Å². The smallest absolute Gasteiger partial charge is 0.123 e. The molecule has 0 radical (unpaired) electrons. The van der Waals surface area contributed by atoms with E-state index in [1.165, 1.54) is 12.1 Å². The average Bonchev–Trinajstić information content (AvgIpc) is 3.03. The zero-order valence-corrected chi connectivity index (χ0v) is 12.8. The van der Waals surface area contributed by atoms with Gasteiger partial charge in [0.1, 0.15) is 16.6 Å². The SMILES string of the molecule is COc1cccc(/C=C/c2ncc(-c3ccc(F)cc3)s2)c1. The average molecular weight is 311 g/mol. The highest BCUT2D eigenvalue weighted by Gasteiger charge is 2.03. The van der Waals surface area contributed by atoms with Crippen molar-refractivity contribution in [2.24, 2.45) is 0 Å². The first kappa shape index (κ1) is 14.5. The largest absolute Gasteiger partial charge is 0.497 e. The molecule has 0 amide bonds. The number of aromatic nitrogens is 1. The summed E-state index contributed by atoms with van der Waals surface area (Å²) in [5, 5.41) is 0.905. The Bertz CT molecular complexity index is 793. The quantitative estimate of drug-likeness (QED) is 0.666. The normalized spacial score (nSPS) is 11.0. The van der Waals surface area contributed by atoms with Gasteiger partial charge in [0, 0.05) is 6.20 Å². The molecule has 1 aromatic heterocycles. The topological polar surface area (TPSA) is 22.1 Å². The molecule has 0 spiro atoms. The minimum Gasteiger partial charge on any atom is -0.497 e. The predicted octanol–water partition coefficient (Wildman–Crippen LogP) is 5.13. The summed E-state index contributed by atoms with van der Waals surface area (Å²) in [6, 6.07) is 14.3. The van der Waals surface area contributed by atoms with E-state index in [9.17, 15) is 4.39 Å². The van der Waals surface area contributed by atoms with Gasteiger partial charge in [-0.3, -0.25) is 0 Å². The molecule has 0 unspecified atom stereocenters. The van der Waals surface area contributed by atoms with Gasteiger partial charge in [-0.25, -0.2) is 9.37 Å². The minimum absolute atomic E-state index is 0.230. The standard InChI is InChI=1S/C18H14FNOS/c1-21-16-4-2-3-13(11-16)5-10-18-20-12-17(22-18)14-6-8-15(19)9-7-14/h2-12H,1H3/b10-5+. The number of methoxy groups -OCH3 is 1. The van der Waals surface area contributed by atoms with E-state index in [4.69, 9.17) is 4.74 Å². The molecule has 0 fully saturated rings. The van der Waals surface area contributed by atoms with Gasteiger partial charge in [0.2, 0.25) is 0 Å². The maximum Gasteiger partial charge on any atom is 0.123 e. The molecule has 2 aromatic carbocycles. The molecule has 0 bridgehead atoms. The zero-order chi connectivity index (χ0) is 15.4. The second-order valence-electron chi connectivity index (χ2n) is 4.68. The van der Waals surface area contributed by atoms with Crippen LogP contribution in [0.3, 0.4) is 0 Å². The third-order valence-corrected chi connectivity index (χ3v) is 4.18. The molecule has 1 heterocycles. The van der Waals surface area contributed by atoms with Gasteiger partial charge in [0.05, 0.1) is 12.0 Å². The van der Waals surface area contributed by atoms with E-state index < -0.39 is 0 Å². The van der Waals surface area contributed by atoms with Crippen molar-refractivity contribution in [2.75, 3.05) is 7.11 Å². The summed E-state index contributed by atoms with van der Waals surface area (Å²) in [6.07, 6.45) is 5.77. The molecular weight excluding hydrogens is 297 g/mol. The Labute approximate surface area is 132 Å². The molecular formula is C18H14FNOS. The van der Waals surface area contributed by atoms with E-state index >= 15 is 0 Å². The number of ether oxygens (including phenoxy) is 1. The highest BCUT2D eigenvalue weighted by Crippen LogP contribution is 2.27. The van der Waals surface area contributed by atoms with E-state index in [0.717, 1.165) is 26.8 Å². The number of halogens is 1. The number of nitrogens with zero attached hydrogens (tertiary/aromatic N) is 1. The fraction of sp³-hybridized carbons (Fsp3) is 0.0556. The van der Waals surface area contributed by atoms with Crippen LogP contribution in [0.4, 0.5) is 4.39 Å². The molecule has 2 nitrogen and oxygen atoms in total. The first-order valence-electron chi connectivity index (χ1n) is 6.78. The first-order chi connectivity index (χ1) is 10.7. The lowest BCUT2D eigenvalue weighted by atomic mass is 10.2. The molecule has 0 saturated heterocycles. The van der Waals surface area contributed by atoms with Crippen LogP contribution in [-0.2, 0) is 0 Å². The number of hydrogen-bond donors (Lipinski definition) is 0. The van der Waals surface area contributed by atoms with Gasteiger partial charge < -0.3 is 4.74 Å². The van der Waals surface area contributed by atoms with Crippen molar-refractivity contribution >= 4 is 23.5 Å². The van der Waals surface area contributed by atoms with Crippen LogP contribution in [0.5, 0.6) is 5.75 Å². The number of hydrogen-bond acceptors (Lipinski definition) is 3. The van der Waals surface area contributed by atoms with Crippen LogP contribution in [0.2, 0.25) is 0 Å². The second kappa shape index (κ2) is 6.54. The molecule has 0 N–H and O–H groups in total. The molecule has 4 heteroatoms. The van der Waals surface area contributed by atoms with Gasteiger partial charge in [0.15, 0.2) is 0 Å². The number of rotatable bonds is 4. The van der Waals surface area contributed by atoms with Crippen LogP contribution in [-0.4, -0.2) is 12.1 Å². The van der Waals surface area contributed by atoms with Gasteiger partial charge >= 0.3 is 0 Å². The molecule has 3 aromatic rings. The molecule has 0 saturated carbocycles.